The Morgan fingerprint density at radius 2 is 1.77 bits per heavy atom. The van der Waals surface area contributed by atoms with Gasteiger partial charge in [0.1, 0.15) is 0 Å². The fourth-order valence-corrected chi connectivity index (χ4v) is 2.72. The highest BCUT2D eigenvalue weighted by molar-refractivity contribution is 9.10. The van der Waals surface area contributed by atoms with Gasteiger partial charge in [0.25, 0.3) is 0 Å². The van der Waals surface area contributed by atoms with Crippen LogP contribution in [0, 0.1) is 0 Å². The molecule has 22 heavy (non-hydrogen) atoms. The summed E-state index contributed by atoms with van der Waals surface area (Å²) in [5.74, 6) is 0. The van der Waals surface area contributed by atoms with Crippen molar-refractivity contribution in [3.05, 3.63) is 69.2 Å². The molecule has 0 saturated carbocycles. The molecule has 2 aromatic rings. The van der Waals surface area contributed by atoms with Crippen LogP contribution in [0.3, 0.4) is 0 Å². The summed E-state index contributed by atoms with van der Waals surface area (Å²) in [6.45, 7) is 2.89. The van der Waals surface area contributed by atoms with Crippen LogP contribution in [0.5, 0.6) is 0 Å². The van der Waals surface area contributed by atoms with E-state index in [1.807, 2.05) is 36.4 Å². The Morgan fingerprint density at radius 1 is 1.14 bits per heavy atom. The molecule has 0 aromatic heterocycles. The summed E-state index contributed by atoms with van der Waals surface area (Å²) in [7, 11) is 0. The Bertz CT molecular complexity index is 614. The van der Waals surface area contributed by atoms with Gasteiger partial charge in [0.2, 0.25) is 0 Å². The lowest BCUT2D eigenvalue weighted by Crippen LogP contribution is -2.37. The van der Waals surface area contributed by atoms with E-state index in [-0.39, 0.29) is 6.04 Å². The van der Waals surface area contributed by atoms with Crippen LogP contribution in [0.2, 0.25) is 5.02 Å². The van der Waals surface area contributed by atoms with E-state index >= 15 is 0 Å². The van der Waals surface area contributed by atoms with Gasteiger partial charge in [-0.2, -0.15) is 0 Å². The summed E-state index contributed by atoms with van der Waals surface area (Å²) in [6, 6.07) is 16.3. The Morgan fingerprint density at radius 3 is 2.41 bits per heavy atom. The lowest BCUT2D eigenvalue weighted by molar-refractivity contribution is 0.696. The van der Waals surface area contributed by atoms with Crippen molar-refractivity contribution in [1.29, 1.82) is 0 Å². The normalized spacial score (nSPS) is 11.8. The van der Waals surface area contributed by atoms with Crippen molar-refractivity contribution >= 4 is 44.9 Å². The highest BCUT2D eigenvalue weighted by atomic mass is 79.9. The van der Waals surface area contributed by atoms with E-state index in [9.17, 15) is 0 Å². The fourth-order valence-electron chi connectivity index (χ4n) is 2.05. The van der Waals surface area contributed by atoms with Gasteiger partial charge in [-0.15, -0.1) is 0 Å². The van der Waals surface area contributed by atoms with Crippen molar-refractivity contribution in [1.82, 2.24) is 10.6 Å². The van der Waals surface area contributed by atoms with Crippen LogP contribution < -0.4 is 10.6 Å². The smallest absolute Gasteiger partial charge is 0.166 e. The van der Waals surface area contributed by atoms with Gasteiger partial charge in [-0.1, -0.05) is 51.8 Å². The molecule has 116 valence electrons. The van der Waals surface area contributed by atoms with Crippen molar-refractivity contribution in [3.63, 3.8) is 0 Å². The zero-order valence-corrected chi connectivity index (χ0v) is 15.4. The van der Waals surface area contributed by atoms with E-state index in [4.69, 9.17) is 23.8 Å². The predicted molar refractivity (Wildman–Crippen MR) is 101 cm³/mol. The molecule has 0 saturated heterocycles. The summed E-state index contributed by atoms with van der Waals surface area (Å²) in [5.41, 5.74) is 2.44. The quantitative estimate of drug-likeness (QED) is 0.704. The molecule has 0 amide bonds. The third kappa shape index (κ3) is 5.59. The second-order valence-corrected chi connectivity index (χ2v) is 6.81. The van der Waals surface area contributed by atoms with Crippen LogP contribution >= 0.6 is 39.7 Å². The van der Waals surface area contributed by atoms with Gasteiger partial charge in [-0.3, -0.25) is 0 Å². The Kier molecular flexibility index (Phi) is 6.68. The largest absolute Gasteiger partial charge is 0.362 e. The summed E-state index contributed by atoms with van der Waals surface area (Å²) >= 11 is 14.7. The highest BCUT2D eigenvalue weighted by Gasteiger charge is 2.06. The Hall–Kier alpha value is -1.10. The Balaban J connectivity index is 1.75. The Labute approximate surface area is 150 Å². The monoisotopic (exact) mass is 396 g/mol. The summed E-state index contributed by atoms with van der Waals surface area (Å²) < 4.78 is 1.08. The molecule has 0 spiro atoms. The van der Waals surface area contributed by atoms with Crippen molar-refractivity contribution in [2.75, 3.05) is 6.54 Å². The van der Waals surface area contributed by atoms with Crippen molar-refractivity contribution in [2.45, 2.75) is 19.4 Å². The van der Waals surface area contributed by atoms with E-state index in [1.165, 1.54) is 11.1 Å². The number of hydrogen-bond donors (Lipinski definition) is 2. The summed E-state index contributed by atoms with van der Waals surface area (Å²) in [4.78, 5) is 0. The van der Waals surface area contributed by atoms with Gasteiger partial charge in [0, 0.05) is 16.0 Å². The standard InChI is InChI=1S/C17H18BrClN2S/c1-12(14-4-6-15(18)7-5-14)21-17(22)20-11-10-13-2-8-16(19)9-3-13/h2-9,12H,10-11H2,1H3,(H2,20,21,22). The lowest BCUT2D eigenvalue weighted by atomic mass is 10.1. The van der Waals surface area contributed by atoms with Crippen molar-refractivity contribution in [2.24, 2.45) is 0 Å². The molecule has 2 nitrogen and oxygen atoms in total. The van der Waals surface area contributed by atoms with Gasteiger partial charge < -0.3 is 10.6 Å². The first-order valence-electron chi connectivity index (χ1n) is 7.09. The van der Waals surface area contributed by atoms with E-state index in [0.717, 1.165) is 22.5 Å². The molecule has 0 bridgehead atoms. The number of hydrogen-bond acceptors (Lipinski definition) is 1. The second kappa shape index (κ2) is 8.51. The SMILES string of the molecule is CC(NC(=S)NCCc1ccc(Cl)cc1)c1ccc(Br)cc1. The minimum absolute atomic E-state index is 0.170. The van der Waals surface area contributed by atoms with Crippen LogP contribution in [0.1, 0.15) is 24.1 Å². The molecule has 2 rings (SSSR count). The second-order valence-electron chi connectivity index (χ2n) is 5.05. The molecular weight excluding hydrogens is 380 g/mol. The molecule has 0 heterocycles. The molecule has 2 aromatic carbocycles. The van der Waals surface area contributed by atoms with E-state index in [1.54, 1.807) is 0 Å². The van der Waals surface area contributed by atoms with Gasteiger partial charge >= 0.3 is 0 Å². The zero-order valence-electron chi connectivity index (χ0n) is 12.3. The van der Waals surface area contributed by atoms with Crippen LogP contribution in [0.15, 0.2) is 53.0 Å². The third-order valence-electron chi connectivity index (χ3n) is 3.33. The van der Waals surface area contributed by atoms with Crippen molar-refractivity contribution in [3.8, 4) is 0 Å². The molecular formula is C17H18BrClN2S. The maximum absolute atomic E-state index is 5.87. The van der Waals surface area contributed by atoms with Gasteiger partial charge in [-0.25, -0.2) is 0 Å². The average Bonchev–Trinajstić information content (AvgIpc) is 2.50. The number of nitrogens with one attached hydrogen (secondary N) is 2. The molecule has 0 aliphatic heterocycles. The number of rotatable bonds is 5. The molecule has 0 radical (unpaired) electrons. The molecule has 5 heteroatoms. The lowest BCUT2D eigenvalue weighted by Gasteiger charge is -2.17. The van der Waals surface area contributed by atoms with Crippen LogP contribution in [-0.4, -0.2) is 11.7 Å². The van der Waals surface area contributed by atoms with Crippen LogP contribution in [-0.2, 0) is 6.42 Å². The predicted octanol–water partition coefficient (Wildman–Crippen LogP) is 4.87. The highest BCUT2D eigenvalue weighted by Crippen LogP contribution is 2.16. The topological polar surface area (TPSA) is 24.1 Å². The molecule has 0 fully saturated rings. The molecule has 0 aliphatic carbocycles. The van der Waals surface area contributed by atoms with Gasteiger partial charge in [0.15, 0.2) is 5.11 Å². The minimum Gasteiger partial charge on any atom is -0.362 e. The number of halogens is 2. The average molecular weight is 398 g/mol. The maximum Gasteiger partial charge on any atom is 0.166 e. The molecule has 1 unspecified atom stereocenters. The van der Waals surface area contributed by atoms with E-state index < -0.39 is 0 Å². The third-order valence-corrected chi connectivity index (χ3v) is 4.37. The fraction of sp³-hybridized carbons (Fsp3) is 0.235. The summed E-state index contributed by atoms with van der Waals surface area (Å²) in [6.07, 6.45) is 0.908. The van der Waals surface area contributed by atoms with Crippen LogP contribution in [0.25, 0.3) is 0 Å². The van der Waals surface area contributed by atoms with E-state index in [2.05, 4.69) is 45.6 Å². The number of thiocarbonyl (C=S) groups is 1. The van der Waals surface area contributed by atoms with Gasteiger partial charge in [0.05, 0.1) is 6.04 Å². The first kappa shape index (κ1) is 17.3. The maximum atomic E-state index is 5.87. The van der Waals surface area contributed by atoms with Crippen LogP contribution in [0.4, 0.5) is 0 Å². The minimum atomic E-state index is 0.170. The first-order valence-corrected chi connectivity index (χ1v) is 8.67. The molecule has 2 N–H and O–H groups in total. The van der Waals surface area contributed by atoms with Crippen molar-refractivity contribution < 1.29 is 0 Å². The van der Waals surface area contributed by atoms with E-state index in [0.29, 0.717) is 5.11 Å². The first-order chi connectivity index (χ1) is 10.5. The summed E-state index contributed by atoms with van der Waals surface area (Å²) in [5, 5.41) is 7.96. The van der Waals surface area contributed by atoms with Gasteiger partial charge in [-0.05, 0) is 61.0 Å². The zero-order chi connectivity index (χ0) is 15.9. The molecule has 1 atom stereocenters. The molecule has 0 aliphatic rings. The number of benzene rings is 2.